The summed E-state index contributed by atoms with van der Waals surface area (Å²) >= 11 is 0. The van der Waals surface area contributed by atoms with E-state index in [0.717, 1.165) is 29.0 Å². The first-order valence-electron chi connectivity index (χ1n) is 11.5. The van der Waals surface area contributed by atoms with Crippen molar-refractivity contribution in [2.24, 2.45) is 17.8 Å². The fraction of sp³-hybridized carbons (Fsp3) is 0.370. The van der Waals surface area contributed by atoms with Crippen LogP contribution in [0.1, 0.15) is 60.1 Å². The van der Waals surface area contributed by atoms with Crippen molar-refractivity contribution in [1.82, 2.24) is 15.0 Å². The number of hydrogen-bond acceptors (Lipinski definition) is 3. The summed E-state index contributed by atoms with van der Waals surface area (Å²) in [6.07, 6.45) is 13.6. The van der Waals surface area contributed by atoms with Crippen LogP contribution in [0.4, 0.5) is 0 Å². The zero-order valence-corrected chi connectivity index (χ0v) is 17.7. The Labute approximate surface area is 183 Å². The molecule has 156 valence electrons. The molecular weight excluding hydrogens is 382 g/mol. The van der Waals surface area contributed by atoms with E-state index in [1.165, 1.54) is 44.2 Å². The van der Waals surface area contributed by atoms with Crippen LogP contribution in [-0.2, 0) is 5.41 Å². The average Bonchev–Trinajstić information content (AvgIpc) is 3.28. The van der Waals surface area contributed by atoms with Gasteiger partial charge in [-0.25, -0.2) is 4.68 Å². The van der Waals surface area contributed by atoms with E-state index >= 15 is 0 Å². The summed E-state index contributed by atoms with van der Waals surface area (Å²) in [7, 11) is 0. The Hall–Kier alpha value is -3.01. The van der Waals surface area contributed by atoms with E-state index in [1.807, 2.05) is 71.6 Å². The highest BCUT2D eigenvalue weighted by molar-refractivity contribution is 6.06. The first kappa shape index (κ1) is 18.7. The molecule has 4 aliphatic carbocycles. The average molecular weight is 410 g/mol. The predicted molar refractivity (Wildman–Crippen MR) is 121 cm³/mol. The third kappa shape index (κ3) is 3.34. The number of allylic oxidation sites excluding steroid dienone is 1. The third-order valence-corrected chi connectivity index (χ3v) is 7.75. The number of carbonyl (C=O) groups is 1. The van der Waals surface area contributed by atoms with Crippen LogP contribution in [0, 0.1) is 17.8 Å². The summed E-state index contributed by atoms with van der Waals surface area (Å²) in [5, 5.41) is 8.77. The second-order valence-electron chi connectivity index (χ2n) is 9.88. The number of benzene rings is 2. The number of ketones is 1. The molecular formula is C27H27N3O. The van der Waals surface area contributed by atoms with E-state index in [4.69, 9.17) is 0 Å². The summed E-state index contributed by atoms with van der Waals surface area (Å²) in [6.45, 7) is 0. The topological polar surface area (TPSA) is 47.8 Å². The second-order valence-corrected chi connectivity index (χ2v) is 9.88. The molecule has 1 heterocycles. The first-order valence-corrected chi connectivity index (χ1v) is 11.5. The van der Waals surface area contributed by atoms with Crippen LogP contribution < -0.4 is 0 Å². The maximum Gasteiger partial charge on any atom is 0.185 e. The minimum Gasteiger partial charge on any atom is -0.289 e. The molecule has 4 saturated carbocycles. The summed E-state index contributed by atoms with van der Waals surface area (Å²) in [5.74, 6) is 2.65. The number of rotatable bonds is 5. The number of hydrogen-bond donors (Lipinski definition) is 0. The Bertz CT molecular complexity index is 1090. The van der Waals surface area contributed by atoms with Gasteiger partial charge in [0.25, 0.3) is 0 Å². The van der Waals surface area contributed by atoms with Crippen LogP contribution in [0.2, 0.25) is 0 Å². The zero-order chi connectivity index (χ0) is 20.8. The van der Waals surface area contributed by atoms with E-state index in [0.29, 0.717) is 5.56 Å². The summed E-state index contributed by atoms with van der Waals surface area (Å²) in [4.78, 5) is 12.6. The molecule has 0 radical (unpaired) electrons. The highest BCUT2D eigenvalue weighted by Gasteiger charge is 2.53. The van der Waals surface area contributed by atoms with Gasteiger partial charge in [-0.15, -0.1) is 5.10 Å². The van der Waals surface area contributed by atoms with Gasteiger partial charge < -0.3 is 0 Å². The third-order valence-electron chi connectivity index (χ3n) is 7.75. The molecule has 7 rings (SSSR count). The Morgan fingerprint density at radius 2 is 1.55 bits per heavy atom. The molecule has 4 bridgehead atoms. The van der Waals surface area contributed by atoms with Gasteiger partial charge in [0.05, 0.1) is 17.6 Å². The smallest absolute Gasteiger partial charge is 0.185 e. The number of carbonyl (C=O) groups excluding carboxylic acids is 1. The van der Waals surface area contributed by atoms with Crippen molar-refractivity contribution >= 4 is 11.9 Å². The van der Waals surface area contributed by atoms with Crippen LogP contribution in [-0.4, -0.2) is 20.8 Å². The lowest BCUT2D eigenvalue weighted by molar-refractivity contribution is -0.00828. The van der Waals surface area contributed by atoms with Crippen LogP contribution in [0.25, 0.3) is 11.8 Å². The van der Waals surface area contributed by atoms with Crippen molar-refractivity contribution in [1.29, 1.82) is 0 Å². The highest BCUT2D eigenvalue weighted by atomic mass is 16.1. The van der Waals surface area contributed by atoms with Gasteiger partial charge in [-0.2, -0.15) is 0 Å². The lowest BCUT2D eigenvalue weighted by Gasteiger charge is -2.56. The Balaban J connectivity index is 1.25. The lowest BCUT2D eigenvalue weighted by Crippen LogP contribution is -2.49. The molecule has 3 aromatic rings. The molecule has 0 N–H and O–H groups in total. The maximum absolute atomic E-state index is 12.6. The molecule has 0 aliphatic heterocycles. The largest absolute Gasteiger partial charge is 0.289 e. The van der Waals surface area contributed by atoms with E-state index in [-0.39, 0.29) is 11.2 Å². The molecule has 0 atom stereocenters. The Morgan fingerprint density at radius 3 is 2.19 bits per heavy atom. The van der Waals surface area contributed by atoms with Crippen molar-refractivity contribution in [2.45, 2.75) is 43.9 Å². The fourth-order valence-electron chi connectivity index (χ4n) is 6.81. The standard InChI is InChI=1S/C27H27N3O/c31-25(11-6-19-4-2-1-3-5-19)23-7-9-24(10-8-23)30-26(18-28-29-30)27-15-20-12-21(16-27)14-22(13-20)17-27/h1-11,18,20-22H,12-17H2/b11-6+. The van der Waals surface area contributed by atoms with Crippen LogP contribution in [0.5, 0.6) is 0 Å². The van der Waals surface area contributed by atoms with Crippen LogP contribution in [0.3, 0.4) is 0 Å². The maximum atomic E-state index is 12.6. The highest BCUT2D eigenvalue weighted by Crippen LogP contribution is 2.60. The summed E-state index contributed by atoms with van der Waals surface area (Å²) < 4.78 is 2.03. The van der Waals surface area contributed by atoms with Gasteiger partial charge >= 0.3 is 0 Å². The fourth-order valence-corrected chi connectivity index (χ4v) is 6.81. The van der Waals surface area contributed by atoms with Crippen molar-refractivity contribution in [3.63, 3.8) is 0 Å². The Kier molecular flexibility index (Phi) is 4.41. The van der Waals surface area contributed by atoms with Gasteiger partial charge in [-0.05, 0) is 92.2 Å². The molecule has 4 heteroatoms. The van der Waals surface area contributed by atoms with Gasteiger partial charge in [0, 0.05) is 11.0 Å². The van der Waals surface area contributed by atoms with Crippen molar-refractivity contribution in [2.75, 3.05) is 0 Å². The van der Waals surface area contributed by atoms with Gasteiger partial charge in [-0.1, -0.05) is 41.6 Å². The van der Waals surface area contributed by atoms with Crippen molar-refractivity contribution in [3.8, 4) is 5.69 Å². The van der Waals surface area contributed by atoms with E-state index in [9.17, 15) is 4.79 Å². The molecule has 0 spiro atoms. The minimum absolute atomic E-state index is 0.00954. The van der Waals surface area contributed by atoms with Gasteiger partial charge in [-0.3, -0.25) is 4.79 Å². The zero-order valence-electron chi connectivity index (χ0n) is 17.7. The molecule has 31 heavy (non-hydrogen) atoms. The molecule has 4 nitrogen and oxygen atoms in total. The number of aromatic nitrogens is 3. The quantitative estimate of drug-likeness (QED) is 0.405. The lowest BCUT2D eigenvalue weighted by atomic mass is 9.49. The van der Waals surface area contributed by atoms with Gasteiger partial charge in [0.15, 0.2) is 5.78 Å². The molecule has 4 aliphatic rings. The van der Waals surface area contributed by atoms with E-state index in [2.05, 4.69) is 10.3 Å². The van der Waals surface area contributed by atoms with Crippen molar-refractivity contribution in [3.05, 3.63) is 83.7 Å². The molecule has 0 unspecified atom stereocenters. The number of nitrogens with zero attached hydrogens (tertiary/aromatic N) is 3. The molecule has 2 aromatic carbocycles. The van der Waals surface area contributed by atoms with E-state index in [1.54, 1.807) is 6.08 Å². The molecule has 0 amide bonds. The first-order chi connectivity index (χ1) is 15.2. The SMILES string of the molecule is O=C(/C=C/c1ccccc1)c1ccc(-n2nncc2C23CC4CC(CC(C4)C2)C3)cc1. The monoisotopic (exact) mass is 409 g/mol. The van der Waals surface area contributed by atoms with E-state index < -0.39 is 0 Å². The van der Waals surface area contributed by atoms with Gasteiger partial charge in [0.2, 0.25) is 0 Å². The normalized spacial score (nSPS) is 29.0. The minimum atomic E-state index is 0.00954. The van der Waals surface area contributed by atoms with Crippen molar-refractivity contribution < 1.29 is 4.79 Å². The molecule has 1 aromatic heterocycles. The second kappa shape index (κ2) is 7.30. The molecule has 4 fully saturated rings. The van der Waals surface area contributed by atoms with Crippen LogP contribution >= 0.6 is 0 Å². The molecule has 0 saturated heterocycles. The van der Waals surface area contributed by atoms with Crippen LogP contribution in [0.15, 0.2) is 66.9 Å². The summed E-state index contributed by atoms with van der Waals surface area (Å²) in [5.41, 5.74) is 4.22. The Morgan fingerprint density at radius 1 is 0.903 bits per heavy atom. The predicted octanol–water partition coefficient (Wildman–Crippen LogP) is 5.63. The summed E-state index contributed by atoms with van der Waals surface area (Å²) in [6, 6.07) is 17.7. The van der Waals surface area contributed by atoms with Gasteiger partial charge in [0.1, 0.15) is 0 Å².